The number of carbonyl (C=O) groups is 2. The molecule has 0 atom stereocenters. The summed E-state index contributed by atoms with van der Waals surface area (Å²) in [4.78, 5) is 30.5. The molecule has 0 spiro atoms. The molecular formula is C25H30N6O4. The molecular weight excluding hydrogens is 448 g/mol. The Morgan fingerprint density at radius 1 is 1.09 bits per heavy atom. The number of aromatic nitrogens is 2. The highest BCUT2D eigenvalue weighted by atomic mass is 16.5. The molecule has 10 heteroatoms. The van der Waals surface area contributed by atoms with E-state index in [0.29, 0.717) is 16.6 Å². The number of nitrogens with two attached hydrogens (primary N) is 1. The Morgan fingerprint density at radius 3 is 2.49 bits per heavy atom. The minimum atomic E-state index is -0.961. The van der Waals surface area contributed by atoms with Crippen molar-refractivity contribution in [2.75, 3.05) is 39.4 Å². The van der Waals surface area contributed by atoms with Gasteiger partial charge in [0.25, 0.3) is 5.91 Å². The normalized spacial score (nSPS) is 14.2. The summed E-state index contributed by atoms with van der Waals surface area (Å²) in [5, 5.41) is 19.1. The van der Waals surface area contributed by atoms with Crippen molar-refractivity contribution >= 4 is 28.7 Å². The molecule has 2 aromatic carbocycles. The maximum Gasteiger partial charge on any atom is 0.305 e. The minimum Gasteiger partial charge on any atom is -0.481 e. The number of morpholine rings is 1. The van der Waals surface area contributed by atoms with Crippen LogP contribution in [0.5, 0.6) is 0 Å². The molecule has 5 N–H and O–H groups in total. The van der Waals surface area contributed by atoms with Crippen LogP contribution < -0.4 is 11.1 Å². The number of aryl methyl sites for hydroxylation is 1. The van der Waals surface area contributed by atoms with Crippen molar-refractivity contribution in [3.8, 4) is 11.4 Å². The molecule has 1 fully saturated rings. The van der Waals surface area contributed by atoms with Crippen molar-refractivity contribution in [3.05, 3.63) is 53.6 Å². The highest BCUT2D eigenvalue weighted by Gasteiger charge is 2.16. The van der Waals surface area contributed by atoms with Gasteiger partial charge in [0.05, 0.1) is 30.7 Å². The van der Waals surface area contributed by atoms with Crippen molar-refractivity contribution in [1.82, 2.24) is 19.8 Å². The number of aliphatic carboxylic acids is 1. The zero-order chi connectivity index (χ0) is 24.8. The standard InChI is InChI=1S/C25H30N6O4/c26-23(27)17-2-4-18(5-3-17)24-29-20-16-19(25(34)28-9-8-22(32)33)6-7-21(20)31(24)11-1-10-30-12-14-35-15-13-30/h2-7,16H,1,8-15H2,(H3,26,27)(H,28,34)(H,32,33). The number of fused-ring (bicyclic) bond motifs is 1. The molecule has 0 saturated carbocycles. The molecule has 1 amide bonds. The number of nitrogens with zero attached hydrogens (tertiary/aromatic N) is 3. The van der Waals surface area contributed by atoms with Gasteiger partial charge in [0.1, 0.15) is 11.7 Å². The third-order valence-corrected chi connectivity index (χ3v) is 6.05. The molecule has 10 nitrogen and oxygen atoms in total. The van der Waals surface area contributed by atoms with Gasteiger partial charge in [-0.3, -0.25) is 19.9 Å². The van der Waals surface area contributed by atoms with Gasteiger partial charge in [-0.15, -0.1) is 0 Å². The summed E-state index contributed by atoms with van der Waals surface area (Å²) in [5.74, 6) is -0.506. The molecule has 3 aromatic rings. The van der Waals surface area contributed by atoms with E-state index in [-0.39, 0.29) is 24.7 Å². The molecule has 184 valence electrons. The molecule has 1 aliphatic rings. The van der Waals surface area contributed by atoms with Crippen molar-refractivity contribution in [3.63, 3.8) is 0 Å². The van der Waals surface area contributed by atoms with Gasteiger partial charge < -0.3 is 25.5 Å². The van der Waals surface area contributed by atoms with Crippen LogP contribution in [-0.2, 0) is 16.1 Å². The Bertz CT molecular complexity index is 1210. The van der Waals surface area contributed by atoms with E-state index in [1.54, 1.807) is 24.3 Å². The first-order valence-corrected chi connectivity index (χ1v) is 11.7. The van der Waals surface area contributed by atoms with Gasteiger partial charge >= 0.3 is 5.97 Å². The molecule has 35 heavy (non-hydrogen) atoms. The van der Waals surface area contributed by atoms with Gasteiger partial charge in [-0.1, -0.05) is 24.3 Å². The topological polar surface area (TPSA) is 147 Å². The van der Waals surface area contributed by atoms with Crippen LogP contribution in [0.15, 0.2) is 42.5 Å². The molecule has 4 rings (SSSR count). The zero-order valence-corrected chi connectivity index (χ0v) is 19.5. The summed E-state index contributed by atoms with van der Waals surface area (Å²) in [6.45, 7) is 5.17. The van der Waals surface area contributed by atoms with E-state index in [2.05, 4.69) is 14.8 Å². The smallest absolute Gasteiger partial charge is 0.305 e. The summed E-state index contributed by atoms with van der Waals surface area (Å²) in [6.07, 6.45) is 0.799. The predicted octanol–water partition coefficient (Wildman–Crippen LogP) is 1.91. The lowest BCUT2D eigenvalue weighted by atomic mass is 10.1. The second kappa shape index (κ2) is 11.1. The number of benzene rings is 2. The van der Waals surface area contributed by atoms with E-state index >= 15 is 0 Å². The number of hydrogen-bond acceptors (Lipinski definition) is 6. The van der Waals surface area contributed by atoms with Gasteiger partial charge in [0.15, 0.2) is 0 Å². The molecule has 0 aliphatic carbocycles. The molecule has 0 bridgehead atoms. The van der Waals surface area contributed by atoms with E-state index in [0.717, 1.165) is 62.7 Å². The Hall–Kier alpha value is -3.76. The number of ether oxygens (including phenoxy) is 1. The lowest BCUT2D eigenvalue weighted by molar-refractivity contribution is -0.136. The zero-order valence-electron chi connectivity index (χ0n) is 19.5. The number of hydrogen-bond donors (Lipinski definition) is 4. The fourth-order valence-electron chi connectivity index (χ4n) is 4.18. The monoisotopic (exact) mass is 478 g/mol. The second-order valence-corrected chi connectivity index (χ2v) is 8.49. The summed E-state index contributed by atoms with van der Waals surface area (Å²) in [6, 6.07) is 12.8. The first kappa shape index (κ1) is 24.4. The minimum absolute atomic E-state index is 0.00844. The number of carboxylic acid groups (broad SMARTS) is 1. The first-order chi connectivity index (χ1) is 16.9. The summed E-state index contributed by atoms with van der Waals surface area (Å²) in [7, 11) is 0. The van der Waals surface area contributed by atoms with Gasteiger partial charge in [-0.05, 0) is 24.6 Å². The van der Waals surface area contributed by atoms with Gasteiger partial charge in [0.2, 0.25) is 0 Å². The van der Waals surface area contributed by atoms with E-state index in [1.807, 2.05) is 18.2 Å². The van der Waals surface area contributed by atoms with E-state index in [4.69, 9.17) is 26.0 Å². The van der Waals surface area contributed by atoms with Crippen LogP contribution >= 0.6 is 0 Å². The van der Waals surface area contributed by atoms with Crippen LogP contribution in [0.2, 0.25) is 0 Å². The number of amides is 1. The van der Waals surface area contributed by atoms with Gasteiger partial charge in [-0.25, -0.2) is 4.98 Å². The number of carboxylic acids is 1. The summed E-state index contributed by atoms with van der Waals surface area (Å²) in [5.41, 5.74) is 9.18. The lowest BCUT2D eigenvalue weighted by Crippen LogP contribution is -2.37. The second-order valence-electron chi connectivity index (χ2n) is 8.49. The van der Waals surface area contributed by atoms with Crippen LogP contribution in [0.4, 0.5) is 0 Å². The number of nitrogens with one attached hydrogen (secondary N) is 2. The molecule has 0 unspecified atom stereocenters. The number of amidine groups is 1. The van der Waals surface area contributed by atoms with Crippen LogP contribution in [0.3, 0.4) is 0 Å². The maximum absolute atomic E-state index is 12.5. The lowest BCUT2D eigenvalue weighted by Gasteiger charge is -2.26. The SMILES string of the molecule is N=C(N)c1ccc(-c2nc3cc(C(=O)NCCC(=O)O)ccc3n2CCCN2CCOCC2)cc1. The Labute approximate surface area is 203 Å². The van der Waals surface area contributed by atoms with Crippen LogP contribution in [0.1, 0.15) is 28.8 Å². The highest BCUT2D eigenvalue weighted by molar-refractivity contribution is 5.98. The molecule has 1 aliphatic heterocycles. The molecule has 1 aromatic heterocycles. The molecule has 0 radical (unpaired) electrons. The number of imidazole rings is 1. The average Bonchev–Trinajstić information content (AvgIpc) is 3.22. The Balaban J connectivity index is 1.60. The maximum atomic E-state index is 12.5. The van der Waals surface area contributed by atoms with Crippen molar-refractivity contribution < 1.29 is 19.4 Å². The van der Waals surface area contributed by atoms with Crippen LogP contribution in [-0.4, -0.2) is 76.7 Å². The number of nitrogen functional groups attached to an aromatic ring is 1. The number of rotatable bonds is 10. The average molecular weight is 479 g/mol. The van der Waals surface area contributed by atoms with Crippen LogP contribution in [0, 0.1) is 5.41 Å². The Kier molecular flexibility index (Phi) is 7.74. The first-order valence-electron chi connectivity index (χ1n) is 11.7. The van der Waals surface area contributed by atoms with Crippen LogP contribution in [0.25, 0.3) is 22.4 Å². The molecule has 1 saturated heterocycles. The summed E-state index contributed by atoms with van der Waals surface area (Å²) >= 11 is 0. The number of carbonyl (C=O) groups excluding carboxylic acids is 1. The molecule has 2 heterocycles. The van der Waals surface area contributed by atoms with E-state index < -0.39 is 5.97 Å². The third-order valence-electron chi connectivity index (χ3n) is 6.05. The Morgan fingerprint density at radius 2 is 1.80 bits per heavy atom. The third kappa shape index (κ3) is 6.03. The predicted molar refractivity (Wildman–Crippen MR) is 133 cm³/mol. The highest BCUT2D eigenvalue weighted by Crippen LogP contribution is 2.26. The van der Waals surface area contributed by atoms with Crippen molar-refractivity contribution in [2.24, 2.45) is 5.73 Å². The van der Waals surface area contributed by atoms with Crippen molar-refractivity contribution in [2.45, 2.75) is 19.4 Å². The van der Waals surface area contributed by atoms with E-state index in [1.165, 1.54) is 0 Å². The largest absolute Gasteiger partial charge is 0.481 e. The fraction of sp³-hybridized carbons (Fsp3) is 0.360. The quantitative estimate of drug-likeness (QED) is 0.257. The summed E-state index contributed by atoms with van der Waals surface area (Å²) < 4.78 is 7.59. The van der Waals surface area contributed by atoms with Gasteiger partial charge in [-0.2, -0.15) is 0 Å². The van der Waals surface area contributed by atoms with Gasteiger partial charge in [0, 0.05) is 49.4 Å². The fourth-order valence-corrected chi connectivity index (χ4v) is 4.18. The van der Waals surface area contributed by atoms with Crippen molar-refractivity contribution in [1.29, 1.82) is 5.41 Å². The van der Waals surface area contributed by atoms with E-state index in [9.17, 15) is 9.59 Å².